The third-order valence-corrected chi connectivity index (χ3v) is 5.96. The molecular formula is C19H24N2O5S. The Morgan fingerprint density at radius 3 is 2.78 bits per heavy atom. The summed E-state index contributed by atoms with van der Waals surface area (Å²) in [7, 11) is 0. The van der Waals surface area contributed by atoms with E-state index in [1.165, 1.54) is 21.8 Å². The number of hydrogen-bond donors (Lipinski definition) is 2. The maximum atomic E-state index is 12.5. The van der Waals surface area contributed by atoms with Crippen LogP contribution in [0.1, 0.15) is 47.3 Å². The van der Waals surface area contributed by atoms with E-state index in [9.17, 15) is 14.4 Å². The fourth-order valence-electron chi connectivity index (χ4n) is 3.41. The highest BCUT2D eigenvalue weighted by Crippen LogP contribution is 2.32. The third kappa shape index (κ3) is 4.32. The molecule has 1 aromatic rings. The van der Waals surface area contributed by atoms with E-state index in [2.05, 4.69) is 17.6 Å². The molecule has 1 aliphatic carbocycles. The van der Waals surface area contributed by atoms with Gasteiger partial charge in [0.1, 0.15) is 11.5 Å². The molecule has 0 saturated carbocycles. The summed E-state index contributed by atoms with van der Waals surface area (Å²) < 4.78 is 10.4. The van der Waals surface area contributed by atoms with E-state index in [4.69, 9.17) is 9.47 Å². The SMILES string of the molecule is CCOC(=O)C1=C(COC(=O)c2cc3c(s2)CC[C@@H](C)C3)NC(=O)N[C@H]1C. The molecule has 2 N–H and O–H groups in total. The van der Waals surface area contributed by atoms with Crippen molar-refractivity contribution in [2.75, 3.05) is 13.2 Å². The number of nitrogens with one attached hydrogen (secondary N) is 2. The smallest absolute Gasteiger partial charge is 0.348 e. The molecule has 0 bridgehead atoms. The molecule has 0 fully saturated rings. The first-order chi connectivity index (χ1) is 12.9. The van der Waals surface area contributed by atoms with Crippen molar-refractivity contribution >= 4 is 29.3 Å². The van der Waals surface area contributed by atoms with Crippen molar-refractivity contribution in [1.29, 1.82) is 0 Å². The summed E-state index contributed by atoms with van der Waals surface area (Å²) in [5.74, 6) is -0.359. The molecule has 1 aliphatic heterocycles. The number of fused-ring (bicyclic) bond motifs is 1. The van der Waals surface area contributed by atoms with Gasteiger partial charge in [-0.15, -0.1) is 11.3 Å². The molecule has 2 aliphatic rings. The van der Waals surface area contributed by atoms with Crippen molar-refractivity contribution in [2.24, 2.45) is 5.92 Å². The zero-order chi connectivity index (χ0) is 19.6. The van der Waals surface area contributed by atoms with Crippen molar-refractivity contribution in [3.8, 4) is 0 Å². The summed E-state index contributed by atoms with van der Waals surface area (Å²) in [5.41, 5.74) is 1.75. The number of ether oxygens (including phenoxy) is 2. The van der Waals surface area contributed by atoms with Crippen molar-refractivity contribution in [3.63, 3.8) is 0 Å². The number of hydrogen-bond acceptors (Lipinski definition) is 6. The van der Waals surface area contributed by atoms with E-state index in [1.807, 2.05) is 6.07 Å². The second kappa shape index (κ2) is 8.12. The number of amides is 2. The van der Waals surface area contributed by atoms with Gasteiger partial charge in [0.25, 0.3) is 0 Å². The Morgan fingerprint density at radius 2 is 2.04 bits per heavy atom. The molecule has 2 heterocycles. The number of rotatable bonds is 5. The summed E-state index contributed by atoms with van der Waals surface area (Å²) in [5, 5.41) is 5.16. The Morgan fingerprint density at radius 1 is 1.26 bits per heavy atom. The molecule has 7 nitrogen and oxygen atoms in total. The lowest BCUT2D eigenvalue weighted by Crippen LogP contribution is -2.50. The van der Waals surface area contributed by atoms with Crippen LogP contribution in [-0.4, -0.2) is 37.2 Å². The highest BCUT2D eigenvalue weighted by molar-refractivity contribution is 7.14. The summed E-state index contributed by atoms with van der Waals surface area (Å²) >= 11 is 1.47. The van der Waals surface area contributed by atoms with Gasteiger partial charge in [-0.1, -0.05) is 6.92 Å². The van der Waals surface area contributed by atoms with E-state index < -0.39 is 24.0 Å². The number of esters is 2. The van der Waals surface area contributed by atoms with Crippen LogP contribution in [0, 0.1) is 5.92 Å². The summed E-state index contributed by atoms with van der Waals surface area (Å²) in [6.07, 6.45) is 3.11. The Balaban J connectivity index is 1.73. The fourth-order valence-corrected chi connectivity index (χ4v) is 4.51. The Hall–Kier alpha value is -2.35. The minimum atomic E-state index is -0.538. The standard InChI is InChI=1S/C19H24N2O5S/c1-4-25-18(23)16-11(3)20-19(24)21-13(16)9-26-17(22)15-8-12-7-10(2)5-6-14(12)27-15/h8,10-11H,4-7,9H2,1-3H3,(H2,20,21,24)/t10-,11+/m1/s1. The maximum Gasteiger partial charge on any atom is 0.348 e. The summed E-state index contributed by atoms with van der Waals surface area (Å²) in [6.45, 7) is 5.63. The van der Waals surface area contributed by atoms with E-state index in [-0.39, 0.29) is 24.5 Å². The van der Waals surface area contributed by atoms with E-state index in [0.29, 0.717) is 10.8 Å². The molecule has 0 spiro atoms. The molecule has 0 saturated heterocycles. The summed E-state index contributed by atoms with van der Waals surface area (Å²) in [4.78, 5) is 38.2. The van der Waals surface area contributed by atoms with Crippen LogP contribution in [0.3, 0.4) is 0 Å². The van der Waals surface area contributed by atoms with Gasteiger partial charge in [0.15, 0.2) is 0 Å². The minimum absolute atomic E-state index is 0.191. The first kappa shape index (κ1) is 19.4. The molecule has 27 heavy (non-hydrogen) atoms. The maximum absolute atomic E-state index is 12.5. The fraction of sp³-hybridized carbons (Fsp3) is 0.526. The van der Waals surface area contributed by atoms with Crippen molar-refractivity contribution in [3.05, 3.63) is 32.7 Å². The van der Waals surface area contributed by atoms with Crippen LogP contribution in [0.15, 0.2) is 17.3 Å². The van der Waals surface area contributed by atoms with Gasteiger partial charge in [0, 0.05) is 4.88 Å². The lowest BCUT2D eigenvalue weighted by molar-refractivity contribution is -0.139. The van der Waals surface area contributed by atoms with Crippen LogP contribution in [0.2, 0.25) is 0 Å². The monoisotopic (exact) mass is 392 g/mol. The van der Waals surface area contributed by atoms with Crippen LogP contribution in [-0.2, 0) is 27.1 Å². The number of aryl methyl sites for hydroxylation is 1. The van der Waals surface area contributed by atoms with Gasteiger partial charge in [-0.3, -0.25) is 0 Å². The van der Waals surface area contributed by atoms with Gasteiger partial charge in [-0.05, 0) is 50.7 Å². The van der Waals surface area contributed by atoms with Crippen LogP contribution in [0.25, 0.3) is 0 Å². The number of carbonyl (C=O) groups is 3. The van der Waals surface area contributed by atoms with Crippen molar-refractivity contribution < 1.29 is 23.9 Å². The second-order valence-electron chi connectivity index (χ2n) is 6.92. The lowest BCUT2D eigenvalue weighted by atomic mass is 9.90. The van der Waals surface area contributed by atoms with Crippen LogP contribution in [0.5, 0.6) is 0 Å². The van der Waals surface area contributed by atoms with E-state index in [0.717, 1.165) is 19.3 Å². The van der Waals surface area contributed by atoms with Gasteiger partial charge in [-0.2, -0.15) is 0 Å². The largest absolute Gasteiger partial charge is 0.463 e. The molecule has 0 unspecified atom stereocenters. The quantitative estimate of drug-likeness (QED) is 0.751. The minimum Gasteiger partial charge on any atom is -0.463 e. The zero-order valence-electron chi connectivity index (χ0n) is 15.7. The zero-order valence-corrected chi connectivity index (χ0v) is 16.5. The van der Waals surface area contributed by atoms with Crippen molar-refractivity contribution in [1.82, 2.24) is 10.6 Å². The number of urea groups is 1. The Labute approximate surface area is 162 Å². The molecule has 1 aromatic heterocycles. The molecule has 0 radical (unpaired) electrons. The topological polar surface area (TPSA) is 93.7 Å². The molecule has 2 atom stereocenters. The number of thiophene rings is 1. The van der Waals surface area contributed by atoms with Crippen LogP contribution >= 0.6 is 11.3 Å². The first-order valence-corrected chi connectivity index (χ1v) is 9.97. The second-order valence-corrected chi connectivity index (χ2v) is 8.05. The average molecular weight is 392 g/mol. The normalized spacial score (nSPS) is 21.8. The molecule has 0 aromatic carbocycles. The Kier molecular flexibility index (Phi) is 5.84. The molecule has 8 heteroatoms. The molecule has 3 rings (SSSR count). The van der Waals surface area contributed by atoms with E-state index >= 15 is 0 Å². The van der Waals surface area contributed by atoms with E-state index in [1.54, 1.807) is 13.8 Å². The predicted octanol–water partition coefficient (Wildman–Crippen LogP) is 2.55. The van der Waals surface area contributed by atoms with Gasteiger partial charge < -0.3 is 20.1 Å². The third-order valence-electron chi connectivity index (χ3n) is 4.74. The van der Waals surface area contributed by atoms with Crippen LogP contribution in [0.4, 0.5) is 4.79 Å². The van der Waals surface area contributed by atoms with Gasteiger partial charge >= 0.3 is 18.0 Å². The predicted molar refractivity (Wildman–Crippen MR) is 101 cm³/mol. The average Bonchev–Trinajstić information content (AvgIpc) is 3.02. The lowest BCUT2D eigenvalue weighted by Gasteiger charge is -2.26. The highest BCUT2D eigenvalue weighted by Gasteiger charge is 2.30. The van der Waals surface area contributed by atoms with Crippen molar-refractivity contribution in [2.45, 2.75) is 46.1 Å². The van der Waals surface area contributed by atoms with Gasteiger partial charge in [0.2, 0.25) is 0 Å². The Bertz CT molecular complexity index is 798. The molecular weight excluding hydrogens is 368 g/mol. The first-order valence-electron chi connectivity index (χ1n) is 9.15. The number of carbonyl (C=O) groups excluding carboxylic acids is 3. The van der Waals surface area contributed by atoms with Gasteiger partial charge in [0.05, 0.1) is 23.9 Å². The summed E-state index contributed by atoms with van der Waals surface area (Å²) in [6, 6.07) is 0.937. The van der Waals surface area contributed by atoms with Gasteiger partial charge in [-0.25, -0.2) is 14.4 Å². The highest BCUT2D eigenvalue weighted by atomic mass is 32.1. The van der Waals surface area contributed by atoms with Crippen LogP contribution < -0.4 is 10.6 Å². The molecule has 2 amide bonds. The molecule has 146 valence electrons.